The van der Waals surface area contributed by atoms with E-state index >= 15 is 0 Å². The number of hydrogen-bond acceptors (Lipinski definition) is 4. The van der Waals surface area contributed by atoms with Gasteiger partial charge in [-0.1, -0.05) is 30.3 Å². The zero-order valence-corrected chi connectivity index (χ0v) is 20.3. The van der Waals surface area contributed by atoms with Gasteiger partial charge in [0.2, 0.25) is 0 Å². The molecule has 0 aliphatic heterocycles. The van der Waals surface area contributed by atoms with Crippen LogP contribution in [0.4, 0.5) is 0 Å². The number of aromatic nitrogens is 2. The highest BCUT2D eigenvalue weighted by Crippen LogP contribution is 2.24. The van der Waals surface area contributed by atoms with Gasteiger partial charge in [-0.2, -0.15) is 0 Å². The molecular formula is C28H30N4O3. The molecule has 0 bridgehead atoms. The summed E-state index contributed by atoms with van der Waals surface area (Å²) >= 11 is 0. The molecular weight excluding hydrogens is 440 g/mol. The van der Waals surface area contributed by atoms with E-state index in [2.05, 4.69) is 22.4 Å². The minimum Gasteiger partial charge on any atom is -0.497 e. The number of nitrogens with one attached hydrogen (secondary N) is 1. The van der Waals surface area contributed by atoms with E-state index in [0.717, 1.165) is 16.3 Å². The number of nitrogens with zero attached hydrogens (tertiary/aromatic N) is 3. The van der Waals surface area contributed by atoms with E-state index < -0.39 is 0 Å². The van der Waals surface area contributed by atoms with Crippen molar-refractivity contribution in [3.8, 4) is 5.75 Å². The second-order valence-corrected chi connectivity index (χ2v) is 8.58. The van der Waals surface area contributed by atoms with Gasteiger partial charge < -0.3 is 19.5 Å². The summed E-state index contributed by atoms with van der Waals surface area (Å²) < 4.78 is 7.10. The molecule has 35 heavy (non-hydrogen) atoms. The van der Waals surface area contributed by atoms with Gasteiger partial charge in [-0.25, -0.2) is 0 Å². The summed E-state index contributed by atoms with van der Waals surface area (Å²) in [7, 11) is 5.27. The maximum atomic E-state index is 13.6. The normalized spacial score (nSPS) is 11.7. The molecule has 4 aromatic rings. The first-order valence-corrected chi connectivity index (χ1v) is 11.6. The van der Waals surface area contributed by atoms with Gasteiger partial charge in [-0.15, -0.1) is 0 Å². The largest absolute Gasteiger partial charge is 0.497 e. The van der Waals surface area contributed by atoms with Crippen molar-refractivity contribution >= 4 is 22.6 Å². The van der Waals surface area contributed by atoms with Crippen molar-refractivity contribution in [2.45, 2.75) is 18.9 Å². The van der Waals surface area contributed by atoms with Crippen molar-refractivity contribution < 1.29 is 14.3 Å². The number of amides is 2. The number of aryl methyl sites for hydroxylation is 1. The molecule has 1 unspecified atom stereocenters. The van der Waals surface area contributed by atoms with Gasteiger partial charge in [0.25, 0.3) is 11.8 Å². The van der Waals surface area contributed by atoms with Gasteiger partial charge in [-0.05, 0) is 54.1 Å². The Bertz CT molecular complexity index is 1320. The maximum absolute atomic E-state index is 13.6. The molecule has 7 heteroatoms. The number of likely N-dealkylation sites (N-methyl/N-ethyl adjacent to an activating group) is 1. The maximum Gasteiger partial charge on any atom is 0.267 e. The van der Waals surface area contributed by atoms with Crippen LogP contribution in [0.3, 0.4) is 0 Å². The molecule has 1 N–H and O–H groups in total. The molecule has 0 saturated carbocycles. The van der Waals surface area contributed by atoms with E-state index in [9.17, 15) is 9.59 Å². The number of pyridine rings is 1. The second kappa shape index (κ2) is 10.9. The highest BCUT2D eigenvalue weighted by Gasteiger charge is 2.24. The van der Waals surface area contributed by atoms with Gasteiger partial charge in [0.15, 0.2) is 0 Å². The zero-order chi connectivity index (χ0) is 24.8. The minimum absolute atomic E-state index is 0.108. The van der Waals surface area contributed by atoms with Crippen molar-refractivity contribution in [2.75, 3.05) is 20.7 Å². The summed E-state index contributed by atoms with van der Waals surface area (Å²) in [5.74, 6) is 0.480. The molecule has 4 rings (SSSR count). The lowest BCUT2D eigenvalue weighted by Gasteiger charge is -2.29. The van der Waals surface area contributed by atoms with Gasteiger partial charge in [0, 0.05) is 50.7 Å². The third-order valence-corrected chi connectivity index (χ3v) is 6.32. The van der Waals surface area contributed by atoms with Gasteiger partial charge in [-0.3, -0.25) is 14.6 Å². The Hall–Kier alpha value is -4.13. The van der Waals surface area contributed by atoms with E-state index in [1.165, 1.54) is 0 Å². The Labute approximate surface area is 205 Å². The summed E-state index contributed by atoms with van der Waals surface area (Å²) in [6, 6.07) is 19.2. The fourth-order valence-electron chi connectivity index (χ4n) is 4.27. The topological polar surface area (TPSA) is 76.5 Å². The fraction of sp³-hybridized carbons (Fsp3) is 0.250. The van der Waals surface area contributed by atoms with E-state index in [1.54, 1.807) is 35.0 Å². The molecule has 2 heterocycles. The SMILES string of the molecule is COc1ccc2c(C(=O)N(C)C(CCNC(=O)c3cccn3C)Cc3ccccc3)cncc2c1. The molecule has 0 saturated heterocycles. The summed E-state index contributed by atoms with van der Waals surface area (Å²) in [6.07, 6.45) is 6.47. The molecule has 2 aromatic carbocycles. The Morgan fingerprint density at radius 2 is 1.89 bits per heavy atom. The fourth-order valence-corrected chi connectivity index (χ4v) is 4.27. The van der Waals surface area contributed by atoms with Crippen LogP contribution in [0, 0.1) is 0 Å². The summed E-state index contributed by atoms with van der Waals surface area (Å²) in [4.78, 5) is 32.3. The third kappa shape index (κ3) is 5.51. The predicted molar refractivity (Wildman–Crippen MR) is 137 cm³/mol. The monoisotopic (exact) mass is 470 g/mol. The number of ether oxygens (including phenoxy) is 1. The number of rotatable bonds is 9. The molecule has 0 aliphatic carbocycles. The molecule has 2 aromatic heterocycles. The average molecular weight is 471 g/mol. The first kappa shape index (κ1) is 24.0. The first-order chi connectivity index (χ1) is 17.0. The smallest absolute Gasteiger partial charge is 0.267 e. The quantitative estimate of drug-likeness (QED) is 0.400. The van der Waals surface area contributed by atoms with Gasteiger partial charge in [0.1, 0.15) is 11.4 Å². The summed E-state index contributed by atoms with van der Waals surface area (Å²) in [6.45, 7) is 0.449. The van der Waals surface area contributed by atoms with Gasteiger partial charge in [0.05, 0.1) is 12.7 Å². The van der Waals surface area contributed by atoms with Crippen LogP contribution in [0.1, 0.15) is 32.8 Å². The van der Waals surface area contributed by atoms with E-state index in [1.807, 2.05) is 62.8 Å². The number of carbonyl (C=O) groups excluding carboxylic acids is 2. The average Bonchev–Trinajstić information content (AvgIpc) is 3.33. The molecule has 1 atom stereocenters. The molecule has 2 amide bonds. The summed E-state index contributed by atoms with van der Waals surface area (Å²) in [5.41, 5.74) is 2.27. The van der Waals surface area contributed by atoms with Crippen molar-refractivity contribution in [3.05, 3.63) is 96.1 Å². The number of hydrogen-bond donors (Lipinski definition) is 1. The van der Waals surface area contributed by atoms with E-state index in [0.29, 0.717) is 36.4 Å². The van der Waals surface area contributed by atoms with Crippen molar-refractivity contribution in [3.63, 3.8) is 0 Å². The first-order valence-electron chi connectivity index (χ1n) is 11.6. The van der Waals surface area contributed by atoms with Crippen LogP contribution in [0.5, 0.6) is 5.75 Å². The number of fused-ring (bicyclic) bond motifs is 1. The lowest BCUT2D eigenvalue weighted by Crippen LogP contribution is -2.41. The Morgan fingerprint density at radius 1 is 1.09 bits per heavy atom. The second-order valence-electron chi connectivity index (χ2n) is 8.58. The zero-order valence-electron chi connectivity index (χ0n) is 20.3. The van der Waals surface area contributed by atoms with Crippen LogP contribution in [-0.2, 0) is 13.5 Å². The van der Waals surface area contributed by atoms with Gasteiger partial charge >= 0.3 is 0 Å². The van der Waals surface area contributed by atoms with Crippen molar-refractivity contribution in [1.29, 1.82) is 0 Å². The molecule has 0 spiro atoms. The highest BCUT2D eigenvalue weighted by atomic mass is 16.5. The third-order valence-electron chi connectivity index (χ3n) is 6.32. The van der Waals surface area contributed by atoms with Crippen molar-refractivity contribution in [2.24, 2.45) is 7.05 Å². The number of benzene rings is 2. The van der Waals surface area contributed by atoms with Crippen LogP contribution < -0.4 is 10.1 Å². The van der Waals surface area contributed by atoms with Crippen molar-refractivity contribution in [1.82, 2.24) is 19.8 Å². The number of carbonyl (C=O) groups is 2. The summed E-state index contributed by atoms with van der Waals surface area (Å²) in [5, 5.41) is 4.67. The lowest BCUT2D eigenvalue weighted by atomic mass is 10.00. The van der Waals surface area contributed by atoms with Crippen LogP contribution in [0.2, 0.25) is 0 Å². The van der Waals surface area contributed by atoms with Crippen LogP contribution in [0.25, 0.3) is 10.8 Å². The molecule has 0 radical (unpaired) electrons. The molecule has 180 valence electrons. The standard InChI is InChI=1S/C28H30N4O3/c1-31-15-7-10-26(31)27(33)30-14-13-22(16-20-8-5-4-6-9-20)32(2)28(34)25-19-29-18-21-17-23(35-3)11-12-24(21)25/h4-12,15,17-19,22H,13-14,16H2,1-3H3,(H,30,33). The van der Waals surface area contributed by atoms with E-state index in [-0.39, 0.29) is 17.9 Å². The molecule has 7 nitrogen and oxygen atoms in total. The Morgan fingerprint density at radius 3 is 2.60 bits per heavy atom. The number of methoxy groups -OCH3 is 1. The highest BCUT2D eigenvalue weighted by molar-refractivity contribution is 6.06. The van der Waals surface area contributed by atoms with E-state index in [4.69, 9.17) is 4.74 Å². The lowest BCUT2D eigenvalue weighted by molar-refractivity contribution is 0.0724. The van der Waals surface area contributed by atoms with Crippen LogP contribution >= 0.6 is 0 Å². The Kier molecular flexibility index (Phi) is 7.45. The van der Waals surface area contributed by atoms with Crippen LogP contribution in [-0.4, -0.2) is 53.0 Å². The molecule has 0 aliphatic rings. The Balaban J connectivity index is 1.54. The molecule has 0 fully saturated rings. The van der Waals surface area contributed by atoms with Crippen LogP contribution in [0.15, 0.2) is 79.3 Å². The predicted octanol–water partition coefficient (Wildman–Crippen LogP) is 4.09. The minimum atomic E-state index is -0.128.